The van der Waals surface area contributed by atoms with Crippen molar-refractivity contribution in [1.82, 2.24) is 0 Å². The topological polar surface area (TPSA) is 18.5 Å². The summed E-state index contributed by atoms with van der Waals surface area (Å²) in [6.45, 7) is 6.02. The third-order valence-corrected chi connectivity index (χ3v) is 7.69. The predicted octanol–water partition coefficient (Wildman–Crippen LogP) is 12.1. The lowest BCUT2D eigenvalue weighted by atomic mass is 10.1. The Kier molecular flexibility index (Phi) is 18.5. The van der Waals surface area contributed by atoms with Crippen LogP contribution in [0.1, 0.15) is 142 Å². The summed E-state index contributed by atoms with van der Waals surface area (Å²) in [5.41, 5.74) is 0. The van der Waals surface area contributed by atoms with Gasteiger partial charge in [0.15, 0.2) is 0 Å². The second kappa shape index (κ2) is 21.5. The van der Waals surface area contributed by atoms with Crippen molar-refractivity contribution in [2.45, 2.75) is 142 Å². The molecule has 0 N–H and O–H groups in total. The Morgan fingerprint density at radius 3 is 1.41 bits per heavy atom. The highest BCUT2D eigenvalue weighted by atomic mass is 35.5. The summed E-state index contributed by atoms with van der Waals surface area (Å²) in [5.74, 6) is 1.68. The van der Waals surface area contributed by atoms with E-state index in [4.69, 9.17) is 21.1 Å². The van der Waals surface area contributed by atoms with Crippen LogP contribution < -0.4 is 9.47 Å². The van der Waals surface area contributed by atoms with Crippen molar-refractivity contribution in [2.24, 2.45) is 0 Å². The summed E-state index contributed by atoms with van der Waals surface area (Å²) < 4.78 is 12.4. The van der Waals surface area contributed by atoms with Crippen LogP contribution in [0, 0.1) is 0 Å². The fourth-order valence-electron chi connectivity index (χ4n) is 5.08. The van der Waals surface area contributed by atoms with Crippen LogP contribution in [0.15, 0.2) is 30.3 Å². The number of unbranched alkanes of at least 4 members (excludes halogenated alkanes) is 18. The third kappa shape index (κ3) is 13.8. The number of hydrogen-bond acceptors (Lipinski definition) is 2. The summed E-state index contributed by atoms with van der Waals surface area (Å²) in [6.07, 6.45) is 26.6. The van der Waals surface area contributed by atoms with Crippen molar-refractivity contribution in [3.8, 4) is 11.5 Å². The molecule has 2 nitrogen and oxygen atoms in total. The third-order valence-electron chi connectivity index (χ3n) is 7.41. The SMILES string of the molecule is CCCCCCCCCCCCOc1cc(Cl)c(OCCCCCCCCCCCC)c2ccccc12. The lowest BCUT2D eigenvalue weighted by Crippen LogP contribution is -2.01. The van der Waals surface area contributed by atoms with Crippen LogP contribution in [0.4, 0.5) is 0 Å². The van der Waals surface area contributed by atoms with E-state index in [1.807, 2.05) is 6.07 Å². The zero-order valence-corrected chi connectivity index (χ0v) is 24.9. The molecule has 210 valence electrons. The minimum absolute atomic E-state index is 0.656. The number of halogens is 1. The quantitative estimate of drug-likeness (QED) is 0.126. The van der Waals surface area contributed by atoms with Gasteiger partial charge in [0.05, 0.1) is 18.2 Å². The Labute approximate surface area is 233 Å². The molecule has 0 aliphatic carbocycles. The second-order valence-electron chi connectivity index (χ2n) is 10.8. The maximum atomic E-state index is 6.68. The molecule has 0 aliphatic heterocycles. The minimum atomic E-state index is 0.656. The Hall–Kier alpha value is -1.41. The van der Waals surface area contributed by atoms with Gasteiger partial charge in [0.1, 0.15) is 11.5 Å². The van der Waals surface area contributed by atoms with E-state index in [0.717, 1.165) is 48.3 Å². The average molecular weight is 531 g/mol. The number of ether oxygens (including phenoxy) is 2. The van der Waals surface area contributed by atoms with E-state index < -0.39 is 0 Å². The molecule has 2 aromatic carbocycles. The fraction of sp³-hybridized carbons (Fsp3) is 0.706. The molecule has 0 atom stereocenters. The number of hydrogen-bond donors (Lipinski definition) is 0. The monoisotopic (exact) mass is 530 g/mol. The van der Waals surface area contributed by atoms with E-state index in [1.165, 1.54) is 116 Å². The van der Waals surface area contributed by atoms with Crippen molar-refractivity contribution in [3.05, 3.63) is 35.4 Å². The van der Waals surface area contributed by atoms with Crippen LogP contribution in [-0.4, -0.2) is 13.2 Å². The second-order valence-corrected chi connectivity index (χ2v) is 11.2. The maximum absolute atomic E-state index is 6.68. The number of benzene rings is 2. The van der Waals surface area contributed by atoms with Crippen LogP contribution in [-0.2, 0) is 0 Å². The summed E-state index contributed by atoms with van der Waals surface area (Å²) in [7, 11) is 0. The van der Waals surface area contributed by atoms with Crippen LogP contribution >= 0.6 is 11.6 Å². The molecule has 0 aliphatic rings. The molecular formula is C34H55ClO2. The highest BCUT2D eigenvalue weighted by Crippen LogP contribution is 2.39. The molecule has 2 aromatic rings. The van der Waals surface area contributed by atoms with E-state index >= 15 is 0 Å². The van der Waals surface area contributed by atoms with Gasteiger partial charge in [0.2, 0.25) is 0 Å². The van der Waals surface area contributed by atoms with Crippen molar-refractivity contribution in [3.63, 3.8) is 0 Å². The summed E-state index contributed by atoms with van der Waals surface area (Å²) in [6, 6.07) is 10.3. The molecule has 0 saturated carbocycles. The van der Waals surface area contributed by atoms with Gasteiger partial charge in [-0.1, -0.05) is 165 Å². The smallest absolute Gasteiger partial charge is 0.145 e. The fourth-order valence-corrected chi connectivity index (χ4v) is 5.34. The summed E-state index contributed by atoms with van der Waals surface area (Å²) in [4.78, 5) is 0. The Morgan fingerprint density at radius 2 is 0.919 bits per heavy atom. The lowest BCUT2D eigenvalue weighted by Gasteiger charge is -2.15. The summed E-state index contributed by atoms with van der Waals surface area (Å²) >= 11 is 6.68. The predicted molar refractivity (Wildman–Crippen MR) is 164 cm³/mol. The standard InChI is InChI=1S/C34H55ClO2/c1-3-5-7-9-11-13-15-17-19-23-27-36-33-29-32(35)34(31-26-22-21-25-30(31)33)37-28-24-20-18-16-14-12-10-8-6-4-2/h21-22,25-26,29H,3-20,23-24,27-28H2,1-2H3. The Bertz CT molecular complexity index is 819. The molecule has 0 heterocycles. The molecule has 0 aromatic heterocycles. The zero-order chi connectivity index (χ0) is 26.4. The van der Waals surface area contributed by atoms with Gasteiger partial charge < -0.3 is 9.47 Å². The summed E-state index contributed by atoms with van der Waals surface area (Å²) in [5, 5.41) is 2.81. The molecule has 37 heavy (non-hydrogen) atoms. The van der Waals surface area contributed by atoms with Gasteiger partial charge in [0, 0.05) is 16.8 Å². The first kappa shape index (κ1) is 31.8. The first-order chi connectivity index (χ1) is 18.3. The Morgan fingerprint density at radius 1 is 0.514 bits per heavy atom. The van der Waals surface area contributed by atoms with E-state index in [1.54, 1.807) is 0 Å². The van der Waals surface area contributed by atoms with Gasteiger partial charge in [0.25, 0.3) is 0 Å². The molecule has 0 radical (unpaired) electrons. The van der Waals surface area contributed by atoms with Gasteiger partial charge in [-0.3, -0.25) is 0 Å². The van der Waals surface area contributed by atoms with E-state index in [2.05, 4.69) is 38.1 Å². The Balaban J connectivity index is 1.66. The average Bonchev–Trinajstić information content (AvgIpc) is 2.91. The molecular weight excluding hydrogens is 476 g/mol. The van der Waals surface area contributed by atoms with Crippen LogP contribution in [0.5, 0.6) is 11.5 Å². The van der Waals surface area contributed by atoms with Crippen molar-refractivity contribution in [1.29, 1.82) is 0 Å². The molecule has 0 spiro atoms. The first-order valence-electron chi connectivity index (χ1n) is 15.7. The number of fused-ring (bicyclic) bond motifs is 1. The van der Waals surface area contributed by atoms with Crippen molar-refractivity contribution < 1.29 is 9.47 Å². The van der Waals surface area contributed by atoms with Crippen molar-refractivity contribution >= 4 is 22.4 Å². The molecule has 3 heteroatoms. The molecule has 0 amide bonds. The molecule has 0 fully saturated rings. The van der Waals surface area contributed by atoms with Gasteiger partial charge >= 0.3 is 0 Å². The molecule has 0 unspecified atom stereocenters. The normalized spacial score (nSPS) is 11.3. The maximum Gasteiger partial charge on any atom is 0.145 e. The van der Waals surface area contributed by atoms with Gasteiger partial charge in [-0.05, 0) is 12.8 Å². The molecule has 2 rings (SSSR count). The lowest BCUT2D eigenvalue weighted by molar-refractivity contribution is 0.301. The molecule has 0 saturated heterocycles. The zero-order valence-electron chi connectivity index (χ0n) is 24.1. The number of rotatable bonds is 24. The molecule has 0 bridgehead atoms. The highest BCUT2D eigenvalue weighted by molar-refractivity contribution is 6.33. The van der Waals surface area contributed by atoms with Crippen LogP contribution in [0.3, 0.4) is 0 Å². The van der Waals surface area contributed by atoms with Gasteiger partial charge in [-0.25, -0.2) is 0 Å². The van der Waals surface area contributed by atoms with Gasteiger partial charge in [-0.15, -0.1) is 0 Å². The first-order valence-corrected chi connectivity index (χ1v) is 16.1. The van der Waals surface area contributed by atoms with E-state index in [9.17, 15) is 0 Å². The van der Waals surface area contributed by atoms with E-state index in [-0.39, 0.29) is 0 Å². The minimum Gasteiger partial charge on any atom is -0.493 e. The largest absolute Gasteiger partial charge is 0.493 e. The highest BCUT2D eigenvalue weighted by Gasteiger charge is 2.13. The van der Waals surface area contributed by atoms with Crippen LogP contribution in [0.25, 0.3) is 10.8 Å². The van der Waals surface area contributed by atoms with E-state index in [0.29, 0.717) is 5.02 Å². The van der Waals surface area contributed by atoms with Crippen LogP contribution in [0.2, 0.25) is 5.02 Å². The van der Waals surface area contributed by atoms with Gasteiger partial charge in [-0.2, -0.15) is 0 Å². The van der Waals surface area contributed by atoms with Crippen molar-refractivity contribution in [2.75, 3.05) is 13.2 Å².